The number of imide groups is 1. The van der Waals surface area contributed by atoms with Crippen molar-refractivity contribution in [2.24, 2.45) is 0 Å². The maximum atomic E-state index is 13.6. The molecule has 208 valence electrons. The molecule has 0 aliphatic carbocycles. The number of hydrogen-bond donors (Lipinski definition) is 2. The van der Waals surface area contributed by atoms with E-state index in [0.29, 0.717) is 36.1 Å². The SMILES string of the molecule is CC(O)C1=C(N2CCC[C@@H](NC(=O)OC(C)(C)C)C2)N(Cc2ccccc2Cl)C2C(=O)N(C)C(=O)N(C)C12. The number of hydrogen-bond acceptors (Lipinski definition) is 7. The Kier molecular flexibility index (Phi) is 7.86. The molecule has 3 aliphatic heterocycles. The molecular formula is C27H38ClN5O5. The molecule has 0 saturated carbocycles. The van der Waals surface area contributed by atoms with Gasteiger partial charge in [-0.15, -0.1) is 0 Å². The van der Waals surface area contributed by atoms with Crippen molar-refractivity contribution < 1.29 is 24.2 Å². The maximum absolute atomic E-state index is 13.6. The first-order chi connectivity index (χ1) is 17.8. The number of nitrogens with zero attached hydrogens (tertiary/aromatic N) is 4. The number of fused-ring (bicyclic) bond motifs is 1. The zero-order valence-corrected chi connectivity index (χ0v) is 23.7. The van der Waals surface area contributed by atoms with Crippen LogP contribution < -0.4 is 5.32 Å². The van der Waals surface area contributed by atoms with Gasteiger partial charge in [0, 0.05) is 50.4 Å². The fraction of sp³-hybridized carbons (Fsp3) is 0.593. The molecule has 4 rings (SSSR count). The molecule has 0 bridgehead atoms. The van der Waals surface area contributed by atoms with Gasteiger partial charge in [0.05, 0.1) is 12.1 Å². The standard InChI is InChI=1S/C27H38ClN5O5/c1-16(34)20-21-22(24(35)31(6)26(37)30(21)5)33(14-17-10-7-8-12-19(17)28)23(20)32-13-9-11-18(15-32)29-25(36)38-27(2,3)4/h7-8,10,12,16,18,21-22,34H,9,11,13-15H2,1-6H3,(H,29,36)/t16?,18-,21?,22?/m1/s1. The topological polar surface area (TPSA) is 106 Å². The number of urea groups is 1. The number of alkyl carbamates (subject to hydrolysis) is 1. The van der Waals surface area contributed by atoms with Crippen LogP contribution >= 0.6 is 11.6 Å². The summed E-state index contributed by atoms with van der Waals surface area (Å²) in [6.45, 7) is 8.55. The summed E-state index contributed by atoms with van der Waals surface area (Å²) in [6.07, 6.45) is 0.156. The zero-order valence-electron chi connectivity index (χ0n) is 22.9. The molecule has 4 atom stereocenters. The second kappa shape index (κ2) is 10.6. The molecule has 3 heterocycles. The van der Waals surface area contributed by atoms with Crippen LogP contribution in [0.1, 0.15) is 46.1 Å². The largest absolute Gasteiger partial charge is 0.444 e. The monoisotopic (exact) mass is 547 g/mol. The van der Waals surface area contributed by atoms with Gasteiger partial charge in [-0.2, -0.15) is 0 Å². The summed E-state index contributed by atoms with van der Waals surface area (Å²) in [4.78, 5) is 45.8. The predicted octanol–water partition coefficient (Wildman–Crippen LogP) is 3.00. The number of aliphatic hydroxyl groups is 1. The molecular weight excluding hydrogens is 510 g/mol. The van der Waals surface area contributed by atoms with Gasteiger partial charge < -0.3 is 29.9 Å². The molecule has 1 aromatic rings. The molecule has 10 nitrogen and oxygen atoms in total. The number of carbonyl (C=O) groups excluding carboxylic acids is 3. The third-order valence-corrected chi connectivity index (χ3v) is 7.63. The van der Waals surface area contributed by atoms with E-state index < -0.39 is 35.9 Å². The molecule has 4 amide bonds. The fourth-order valence-corrected chi connectivity index (χ4v) is 5.85. The minimum atomic E-state index is -0.917. The van der Waals surface area contributed by atoms with Gasteiger partial charge in [-0.25, -0.2) is 9.59 Å². The third-order valence-electron chi connectivity index (χ3n) is 7.26. The Hall–Kier alpha value is -2.98. The number of likely N-dealkylation sites (N-methyl/N-ethyl adjacent to an activating group) is 2. The number of aliphatic hydroxyl groups excluding tert-OH is 1. The summed E-state index contributed by atoms with van der Waals surface area (Å²) in [6, 6.07) is 5.47. The minimum absolute atomic E-state index is 0.191. The van der Waals surface area contributed by atoms with Gasteiger partial charge in [-0.1, -0.05) is 29.8 Å². The van der Waals surface area contributed by atoms with Crippen LogP contribution in [0.25, 0.3) is 0 Å². The highest BCUT2D eigenvalue weighted by atomic mass is 35.5. The van der Waals surface area contributed by atoms with Crippen molar-refractivity contribution in [3.05, 3.63) is 46.2 Å². The Labute approximate surface area is 229 Å². The molecule has 3 unspecified atom stereocenters. The van der Waals surface area contributed by atoms with E-state index in [4.69, 9.17) is 16.3 Å². The van der Waals surface area contributed by atoms with E-state index in [1.54, 1.807) is 20.0 Å². The van der Waals surface area contributed by atoms with Crippen molar-refractivity contribution >= 4 is 29.6 Å². The average molecular weight is 548 g/mol. The van der Waals surface area contributed by atoms with E-state index in [-0.39, 0.29) is 11.9 Å². The van der Waals surface area contributed by atoms with Crippen molar-refractivity contribution in [3.63, 3.8) is 0 Å². The maximum Gasteiger partial charge on any atom is 0.407 e. The van der Waals surface area contributed by atoms with Gasteiger partial charge in [0.25, 0.3) is 5.91 Å². The summed E-state index contributed by atoms with van der Waals surface area (Å²) >= 11 is 6.53. The van der Waals surface area contributed by atoms with E-state index in [1.807, 2.05) is 43.9 Å². The number of carbonyl (C=O) groups is 3. The number of halogens is 1. The van der Waals surface area contributed by atoms with Crippen LogP contribution in [0.3, 0.4) is 0 Å². The fourth-order valence-electron chi connectivity index (χ4n) is 5.65. The highest BCUT2D eigenvalue weighted by Gasteiger charge is 2.55. The van der Waals surface area contributed by atoms with Crippen LogP contribution in [0.2, 0.25) is 5.02 Å². The average Bonchev–Trinajstić information content (AvgIpc) is 3.17. The highest BCUT2D eigenvalue weighted by molar-refractivity contribution is 6.31. The van der Waals surface area contributed by atoms with Crippen molar-refractivity contribution in [2.45, 2.75) is 76.9 Å². The minimum Gasteiger partial charge on any atom is -0.444 e. The lowest BCUT2D eigenvalue weighted by Gasteiger charge is -2.44. The summed E-state index contributed by atoms with van der Waals surface area (Å²) in [5, 5.41) is 14.6. The van der Waals surface area contributed by atoms with E-state index in [1.165, 1.54) is 11.9 Å². The first-order valence-corrected chi connectivity index (χ1v) is 13.4. The quantitative estimate of drug-likeness (QED) is 0.584. The van der Waals surface area contributed by atoms with E-state index in [0.717, 1.165) is 23.3 Å². The van der Waals surface area contributed by atoms with Crippen LogP contribution in [0.5, 0.6) is 0 Å². The molecule has 2 N–H and O–H groups in total. The van der Waals surface area contributed by atoms with Crippen LogP contribution in [-0.2, 0) is 16.1 Å². The van der Waals surface area contributed by atoms with Gasteiger partial charge in [0.2, 0.25) is 0 Å². The lowest BCUT2D eigenvalue weighted by molar-refractivity contribution is -0.137. The van der Waals surface area contributed by atoms with E-state index in [9.17, 15) is 19.5 Å². The van der Waals surface area contributed by atoms with Crippen molar-refractivity contribution in [1.82, 2.24) is 24.9 Å². The molecule has 0 radical (unpaired) electrons. The molecule has 11 heteroatoms. The summed E-state index contributed by atoms with van der Waals surface area (Å²) in [7, 11) is 3.14. The van der Waals surface area contributed by atoms with Gasteiger partial charge in [0.15, 0.2) is 0 Å². The number of likely N-dealkylation sites (tertiary alicyclic amines) is 1. The normalized spacial score (nSPS) is 25.1. The highest BCUT2D eigenvalue weighted by Crippen LogP contribution is 2.41. The Balaban J connectivity index is 1.74. The van der Waals surface area contributed by atoms with Gasteiger partial charge >= 0.3 is 12.1 Å². The zero-order chi connectivity index (χ0) is 27.9. The van der Waals surface area contributed by atoms with Crippen molar-refractivity contribution in [2.75, 3.05) is 27.2 Å². The predicted molar refractivity (Wildman–Crippen MR) is 143 cm³/mol. The van der Waals surface area contributed by atoms with Crippen LogP contribution in [0.4, 0.5) is 9.59 Å². The van der Waals surface area contributed by atoms with Crippen LogP contribution in [0, 0.1) is 0 Å². The molecule has 38 heavy (non-hydrogen) atoms. The van der Waals surface area contributed by atoms with E-state index in [2.05, 4.69) is 10.2 Å². The van der Waals surface area contributed by atoms with Gasteiger partial charge in [-0.05, 0) is 52.2 Å². The summed E-state index contributed by atoms with van der Waals surface area (Å²) in [5.41, 5.74) is 0.821. The van der Waals surface area contributed by atoms with E-state index >= 15 is 0 Å². The number of piperidine rings is 1. The first-order valence-electron chi connectivity index (χ1n) is 13.0. The van der Waals surface area contributed by atoms with Crippen LogP contribution in [-0.4, -0.2) is 99.8 Å². The number of rotatable bonds is 5. The Morgan fingerprint density at radius 2 is 1.89 bits per heavy atom. The Morgan fingerprint density at radius 1 is 1.21 bits per heavy atom. The Bertz CT molecular complexity index is 1130. The van der Waals surface area contributed by atoms with Gasteiger partial charge in [-0.3, -0.25) is 9.69 Å². The van der Waals surface area contributed by atoms with Crippen molar-refractivity contribution in [1.29, 1.82) is 0 Å². The third kappa shape index (κ3) is 5.42. The molecule has 2 saturated heterocycles. The number of ether oxygens (including phenoxy) is 1. The number of benzene rings is 1. The molecule has 0 spiro atoms. The second-order valence-corrected chi connectivity index (χ2v) is 11.7. The Morgan fingerprint density at radius 3 is 2.53 bits per heavy atom. The smallest absolute Gasteiger partial charge is 0.407 e. The number of nitrogens with one attached hydrogen (secondary N) is 1. The van der Waals surface area contributed by atoms with Gasteiger partial charge in [0.1, 0.15) is 17.5 Å². The first kappa shape index (κ1) is 28.0. The molecule has 0 aromatic heterocycles. The molecule has 3 aliphatic rings. The summed E-state index contributed by atoms with van der Waals surface area (Å²) < 4.78 is 5.46. The number of amides is 4. The molecule has 2 fully saturated rings. The van der Waals surface area contributed by atoms with Crippen molar-refractivity contribution in [3.8, 4) is 0 Å². The van der Waals surface area contributed by atoms with Crippen LogP contribution in [0.15, 0.2) is 35.7 Å². The molecule has 1 aromatic carbocycles. The second-order valence-electron chi connectivity index (χ2n) is 11.3. The lowest BCUT2D eigenvalue weighted by atomic mass is 9.95. The lowest BCUT2D eigenvalue weighted by Crippen LogP contribution is -2.64. The summed E-state index contributed by atoms with van der Waals surface area (Å²) in [5.74, 6) is 0.368.